The normalized spacial score (nSPS) is 13.9. The average Bonchev–Trinajstić information content (AvgIpc) is 1.22. The minimum Gasteiger partial charge on any atom is -0.462 e. The Morgan fingerprint density at radius 2 is 0.469 bits per heavy atom. The third kappa shape index (κ3) is 72.4. The topological polar surface area (TPSA) is 237 Å². The molecule has 0 saturated carbocycles. The first kappa shape index (κ1) is 96.1. The van der Waals surface area contributed by atoms with Crippen LogP contribution in [-0.4, -0.2) is 96.7 Å². The van der Waals surface area contributed by atoms with Gasteiger partial charge in [0.2, 0.25) is 0 Å². The molecule has 0 bridgehead atoms. The molecule has 0 aromatic rings. The van der Waals surface area contributed by atoms with E-state index in [1.165, 1.54) is 244 Å². The van der Waals surface area contributed by atoms with Gasteiger partial charge in [0, 0.05) is 25.7 Å². The Bertz CT molecular complexity index is 1870. The first-order chi connectivity index (χ1) is 47.5. The molecule has 0 aromatic heterocycles. The molecule has 582 valence electrons. The van der Waals surface area contributed by atoms with Gasteiger partial charge in [-0.05, 0) is 31.6 Å². The van der Waals surface area contributed by atoms with E-state index in [2.05, 4.69) is 34.6 Å². The molecule has 17 nitrogen and oxygen atoms in total. The van der Waals surface area contributed by atoms with Crippen LogP contribution in [0.4, 0.5) is 0 Å². The number of esters is 4. The van der Waals surface area contributed by atoms with E-state index in [1.807, 2.05) is 0 Å². The van der Waals surface area contributed by atoms with E-state index in [-0.39, 0.29) is 25.7 Å². The van der Waals surface area contributed by atoms with E-state index in [0.717, 1.165) is 95.8 Å². The molecular formula is C79H154O17P2. The summed E-state index contributed by atoms with van der Waals surface area (Å²) in [6, 6.07) is 0. The summed E-state index contributed by atoms with van der Waals surface area (Å²) in [5.74, 6) is -1.36. The molecule has 0 aliphatic rings. The van der Waals surface area contributed by atoms with E-state index in [9.17, 15) is 43.2 Å². The number of carbonyl (C=O) groups is 4. The maximum absolute atomic E-state index is 13.1. The number of hydrogen-bond donors (Lipinski definition) is 3. The summed E-state index contributed by atoms with van der Waals surface area (Å²) in [5, 5.41) is 10.6. The third-order valence-corrected chi connectivity index (χ3v) is 20.4. The Morgan fingerprint density at radius 1 is 0.276 bits per heavy atom. The number of rotatable bonds is 79. The molecule has 0 saturated heterocycles. The number of hydrogen-bond acceptors (Lipinski definition) is 15. The van der Waals surface area contributed by atoms with Gasteiger partial charge in [-0.1, -0.05) is 369 Å². The highest BCUT2D eigenvalue weighted by molar-refractivity contribution is 7.47. The molecule has 0 heterocycles. The Morgan fingerprint density at radius 3 is 0.694 bits per heavy atom. The van der Waals surface area contributed by atoms with Crippen LogP contribution in [0.2, 0.25) is 0 Å². The molecule has 0 fully saturated rings. The van der Waals surface area contributed by atoms with Gasteiger partial charge in [0.05, 0.1) is 26.4 Å². The predicted octanol–water partition coefficient (Wildman–Crippen LogP) is 23.6. The van der Waals surface area contributed by atoms with Gasteiger partial charge < -0.3 is 33.8 Å². The van der Waals surface area contributed by atoms with E-state index in [0.29, 0.717) is 25.7 Å². The van der Waals surface area contributed by atoms with E-state index in [4.69, 9.17) is 37.0 Å². The maximum atomic E-state index is 13.1. The lowest BCUT2D eigenvalue weighted by Gasteiger charge is -2.21. The highest BCUT2D eigenvalue weighted by Gasteiger charge is 2.30. The smallest absolute Gasteiger partial charge is 0.462 e. The summed E-state index contributed by atoms with van der Waals surface area (Å²) in [7, 11) is -9.92. The highest BCUT2D eigenvalue weighted by atomic mass is 31.2. The van der Waals surface area contributed by atoms with Crippen molar-refractivity contribution < 1.29 is 80.2 Å². The lowest BCUT2D eigenvalue weighted by molar-refractivity contribution is -0.161. The molecule has 0 aromatic carbocycles. The lowest BCUT2D eigenvalue weighted by Crippen LogP contribution is -2.30. The van der Waals surface area contributed by atoms with Crippen molar-refractivity contribution >= 4 is 39.5 Å². The van der Waals surface area contributed by atoms with Crippen LogP contribution in [0.3, 0.4) is 0 Å². The summed E-state index contributed by atoms with van der Waals surface area (Å²) in [4.78, 5) is 73.0. The number of unbranched alkanes of at least 4 members (excludes halogenated alkanes) is 51. The summed E-state index contributed by atoms with van der Waals surface area (Å²) in [5.41, 5.74) is 0. The number of aliphatic hydroxyl groups excluding tert-OH is 1. The maximum Gasteiger partial charge on any atom is 0.472 e. The van der Waals surface area contributed by atoms with Gasteiger partial charge in [-0.25, -0.2) is 9.13 Å². The standard InChI is InChI=1S/C79H154O17P2/c1-6-9-12-15-18-21-24-27-30-33-36-39-44-50-55-60-65-79(84)95-74(68-89-76(81)62-57-52-47-42-37-34-31-28-25-22-19-16-13-10-7-2)70-93-97(85,86)91-66-73(80)67-92-98(87,88)94-71-75(69-90-77(82)63-58-53-48-45-40-41-46-51-56-61-72(4)5)96-78(83)64-59-54-49-43-38-35-32-29-26-23-20-17-14-11-8-3/h72-75,80H,6-71H2,1-5H3,(H,85,86)(H,87,88)/t73-,74-,75-/m1/s1. The molecule has 98 heavy (non-hydrogen) atoms. The molecule has 3 N–H and O–H groups in total. The predicted molar refractivity (Wildman–Crippen MR) is 400 cm³/mol. The zero-order valence-corrected chi connectivity index (χ0v) is 65.7. The fourth-order valence-corrected chi connectivity index (χ4v) is 13.8. The van der Waals surface area contributed by atoms with E-state index in [1.54, 1.807) is 0 Å². The molecular weight excluding hydrogens is 1280 g/mol. The zero-order chi connectivity index (χ0) is 71.9. The average molecular weight is 1440 g/mol. The quantitative estimate of drug-likeness (QED) is 0.0222. The lowest BCUT2D eigenvalue weighted by atomic mass is 10.0. The second-order valence-corrected chi connectivity index (χ2v) is 31.8. The van der Waals surface area contributed by atoms with Gasteiger partial charge in [-0.3, -0.25) is 37.3 Å². The summed E-state index contributed by atoms with van der Waals surface area (Å²) >= 11 is 0. The van der Waals surface area contributed by atoms with Gasteiger partial charge in [0.25, 0.3) is 0 Å². The van der Waals surface area contributed by atoms with Crippen molar-refractivity contribution in [1.29, 1.82) is 0 Å². The molecule has 2 unspecified atom stereocenters. The first-order valence-corrected chi connectivity index (χ1v) is 44.1. The zero-order valence-electron chi connectivity index (χ0n) is 63.9. The van der Waals surface area contributed by atoms with Crippen molar-refractivity contribution in [3.05, 3.63) is 0 Å². The summed E-state index contributed by atoms with van der Waals surface area (Å²) in [6.45, 7) is 7.31. The van der Waals surface area contributed by atoms with Crippen LogP contribution >= 0.6 is 15.6 Å². The third-order valence-electron chi connectivity index (χ3n) is 18.5. The minimum absolute atomic E-state index is 0.108. The largest absolute Gasteiger partial charge is 0.472 e. The van der Waals surface area contributed by atoms with E-state index < -0.39 is 97.5 Å². The second kappa shape index (κ2) is 72.0. The van der Waals surface area contributed by atoms with Crippen molar-refractivity contribution in [2.75, 3.05) is 39.6 Å². The fourth-order valence-electron chi connectivity index (χ4n) is 12.2. The molecule has 0 amide bonds. The highest BCUT2D eigenvalue weighted by Crippen LogP contribution is 2.45. The Balaban J connectivity index is 5.26. The van der Waals surface area contributed by atoms with Gasteiger partial charge in [-0.2, -0.15) is 0 Å². The van der Waals surface area contributed by atoms with Crippen LogP contribution in [0.1, 0.15) is 420 Å². The van der Waals surface area contributed by atoms with Crippen LogP contribution in [0.5, 0.6) is 0 Å². The molecule has 0 radical (unpaired) electrons. The van der Waals surface area contributed by atoms with Crippen LogP contribution in [0.15, 0.2) is 0 Å². The minimum atomic E-state index is -4.96. The fraction of sp³-hybridized carbons (Fsp3) is 0.949. The second-order valence-electron chi connectivity index (χ2n) is 28.9. The number of aliphatic hydroxyl groups is 1. The van der Waals surface area contributed by atoms with Gasteiger partial charge >= 0.3 is 39.5 Å². The van der Waals surface area contributed by atoms with Gasteiger partial charge in [0.1, 0.15) is 19.3 Å². The first-order valence-electron chi connectivity index (χ1n) is 41.1. The summed E-state index contributed by atoms with van der Waals surface area (Å²) in [6.07, 6.45) is 62.3. The van der Waals surface area contributed by atoms with Crippen LogP contribution in [0.25, 0.3) is 0 Å². The Hall–Kier alpha value is -1.94. The number of carbonyl (C=O) groups excluding carboxylic acids is 4. The number of phosphoric ester groups is 2. The summed E-state index contributed by atoms with van der Waals surface area (Å²) < 4.78 is 68.7. The van der Waals surface area contributed by atoms with Crippen molar-refractivity contribution in [1.82, 2.24) is 0 Å². The van der Waals surface area contributed by atoms with Gasteiger partial charge in [-0.15, -0.1) is 0 Å². The van der Waals surface area contributed by atoms with Crippen molar-refractivity contribution in [2.24, 2.45) is 5.92 Å². The molecule has 5 atom stereocenters. The van der Waals surface area contributed by atoms with Crippen LogP contribution in [-0.2, 0) is 65.4 Å². The Kier molecular flexibility index (Phi) is 70.6. The molecule has 0 aliphatic heterocycles. The van der Waals surface area contributed by atoms with Gasteiger partial charge in [0.15, 0.2) is 12.2 Å². The van der Waals surface area contributed by atoms with Crippen molar-refractivity contribution in [3.63, 3.8) is 0 Å². The molecule has 0 rings (SSSR count). The molecule has 0 spiro atoms. The Labute approximate surface area is 600 Å². The monoisotopic (exact) mass is 1440 g/mol. The number of ether oxygens (including phenoxy) is 4. The van der Waals surface area contributed by atoms with E-state index >= 15 is 0 Å². The number of phosphoric acid groups is 2. The SMILES string of the molecule is CCCCCCCCCCCCCCCCCCC(=O)O[C@H](COC(=O)CCCCCCCCCCCCCCCCC)COP(=O)(O)OC[C@@H](O)COP(=O)(O)OC[C@@H](COC(=O)CCCCCCCCCCCC(C)C)OC(=O)CCCCCCCCCCCCCCCCC. The van der Waals surface area contributed by atoms with Crippen LogP contribution < -0.4 is 0 Å². The molecule has 19 heteroatoms. The van der Waals surface area contributed by atoms with Crippen molar-refractivity contribution in [3.8, 4) is 0 Å². The van der Waals surface area contributed by atoms with Crippen LogP contribution in [0, 0.1) is 5.92 Å². The molecule has 0 aliphatic carbocycles. The van der Waals surface area contributed by atoms with Crippen molar-refractivity contribution in [2.45, 2.75) is 438 Å².